The predicted molar refractivity (Wildman–Crippen MR) is 73.4 cm³/mol. The summed E-state index contributed by atoms with van der Waals surface area (Å²) >= 11 is 3.63. The van der Waals surface area contributed by atoms with Crippen LogP contribution < -0.4 is 5.32 Å². The van der Waals surface area contributed by atoms with E-state index in [1.165, 1.54) is 10.2 Å². The number of hydrogen-bond donors (Lipinski definition) is 1. The van der Waals surface area contributed by atoms with Crippen LogP contribution in [0.2, 0.25) is 0 Å². The van der Waals surface area contributed by atoms with E-state index in [1.54, 1.807) is 7.11 Å². The van der Waals surface area contributed by atoms with Gasteiger partial charge in [0.15, 0.2) is 0 Å². The molecule has 4 nitrogen and oxygen atoms in total. The minimum atomic E-state index is 0.773. The molecule has 0 spiro atoms. The monoisotopic (exact) mass is 303 g/mol. The highest BCUT2D eigenvalue weighted by atomic mass is 79.9. The number of nitrogens with zero attached hydrogens (tertiary/aromatic N) is 2. The van der Waals surface area contributed by atoms with Gasteiger partial charge in [0.2, 0.25) is 0 Å². The Balaban J connectivity index is 2.34. The second kappa shape index (κ2) is 7.84. The first kappa shape index (κ1) is 14.7. The molecule has 0 unspecified atom stereocenters. The molecule has 0 aliphatic carbocycles. The molecule has 0 radical (unpaired) electrons. The zero-order valence-electron chi connectivity index (χ0n) is 10.9. The molecule has 1 aromatic rings. The van der Waals surface area contributed by atoms with Crippen molar-refractivity contribution in [1.82, 2.24) is 15.1 Å². The van der Waals surface area contributed by atoms with Gasteiger partial charge >= 0.3 is 0 Å². The molecule has 98 valence electrons. The summed E-state index contributed by atoms with van der Waals surface area (Å²) in [6, 6.07) is 0. The number of hydrogen-bond acceptors (Lipinski definition) is 3. The summed E-state index contributed by atoms with van der Waals surface area (Å²) in [5, 5.41) is 7.83. The Labute approximate surface area is 112 Å². The van der Waals surface area contributed by atoms with Crippen molar-refractivity contribution < 1.29 is 4.74 Å². The fraction of sp³-hybridized carbons (Fsp3) is 0.750. The number of ether oxygens (including phenoxy) is 1. The third-order valence-corrected chi connectivity index (χ3v) is 3.67. The SMILES string of the molecule is CCc1nn(C)c(CCCNCCOC)c1Br. The second-order valence-corrected chi connectivity index (χ2v) is 4.82. The Bertz CT molecular complexity index is 339. The third-order valence-electron chi connectivity index (χ3n) is 2.75. The summed E-state index contributed by atoms with van der Waals surface area (Å²) in [4.78, 5) is 0. The van der Waals surface area contributed by atoms with Crippen molar-refractivity contribution >= 4 is 15.9 Å². The van der Waals surface area contributed by atoms with Gasteiger partial charge in [-0.2, -0.15) is 5.10 Å². The van der Waals surface area contributed by atoms with Crippen LogP contribution >= 0.6 is 15.9 Å². The van der Waals surface area contributed by atoms with Crippen LogP contribution in [-0.2, 0) is 24.6 Å². The van der Waals surface area contributed by atoms with Crippen molar-refractivity contribution in [1.29, 1.82) is 0 Å². The van der Waals surface area contributed by atoms with Crippen molar-refractivity contribution in [3.63, 3.8) is 0 Å². The molecule has 0 bridgehead atoms. The highest BCUT2D eigenvalue weighted by Gasteiger charge is 2.11. The van der Waals surface area contributed by atoms with Gasteiger partial charge in [-0.25, -0.2) is 0 Å². The van der Waals surface area contributed by atoms with Gasteiger partial charge in [-0.1, -0.05) is 6.92 Å². The van der Waals surface area contributed by atoms with Crippen LogP contribution in [0.25, 0.3) is 0 Å². The maximum absolute atomic E-state index is 4.98. The average Bonchev–Trinajstić information content (AvgIpc) is 2.60. The van der Waals surface area contributed by atoms with E-state index in [4.69, 9.17) is 4.74 Å². The number of halogens is 1. The van der Waals surface area contributed by atoms with Crippen LogP contribution in [0.3, 0.4) is 0 Å². The molecule has 0 amide bonds. The summed E-state index contributed by atoms with van der Waals surface area (Å²) in [5.41, 5.74) is 2.44. The van der Waals surface area contributed by atoms with Gasteiger partial charge < -0.3 is 10.1 Å². The standard InChI is InChI=1S/C12H22BrN3O/c1-4-10-12(13)11(16(2)15-10)6-5-7-14-8-9-17-3/h14H,4-9H2,1-3H3. The molecule has 0 aliphatic rings. The highest BCUT2D eigenvalue weighted by Crippen LogP contribution is 2.22. The highest BCUT2D eigenvalue weighted by molar-refractivity contribution is 9.10. The Hall–Kier alpha value is -0.390. The maximum atomic E-state index is 4.98. The molecule has 1 rings (SSSR count). The lowest BCUT2D eigenvalue weighted by Gasteiger charge is -2.05. The molecule has 1 N–H and O–H groups in total. The van der Waals surface area contributed by atoms with Gasteiger partial charge in [0, 0.05) is 20.7 Å². The maximum Gasteiger partial charge on any atom is 0.0766 e. The van der Waals surface area contributed by atoms with Gasteiger partial charge in [0.05, 0.1) is 22.5 Å². The molecule has 0 saturated carbocycles. The number of nitrogens with one attached hydrogen (secondary N) is 1. The molecule has 0 aromatic carbocycles. The van der Waals surface area contributed by atoms with Crippen LogP contribution in [0.15, 0.2) is 4.47 Å². The van der Waals surface area contributed by atoms with Crippen LogP contribution in [0.4, 0.5) is 0 Å². The fourth-order valence-electron chi connectivity index (χ4n) is 1.77. The summed E-state index contributed by atoms with van der Waals surface area (Å²) < 4.78 is 8.14. The van der Waals surface area contributed by atoms with Gasteiger partial charge in [-0.05, 0) is 41.7 Å². The summed E-state index contributed by atoms with van der Waals surface area (Å²) in [6.45, 7) is 4.84. The van der Waals surface area contributed by atoms with Crippen molar-refractivity contribution in [2.75, 3.05) is 26.8 Å². The minimum absolute atomic E-state index is 0.773. The molecular weight excluding hydrogens is 282 g/mol. The van der Waals surface area contributed by atoms with Gasteiger partial charge in [0.25, 0.3) is 0 Å². The summed E-state index contributed by atoms with van der Waals surface area (Å²) in [7, 11) is 3.73. The third kappa shape index (κ3) is 4.41. The van der Waals surface area contributed by atoms with E-state index in [0.29, 0.717) is 0 Å². The van der Waals surface area contributed by atoms with E-state index >= 15 is 0 Å². The Morgan fingerprint density at radius 3 is 2.76 bits per heavy atom. The Kier molecular flexibility index (Phi) is 6.77. The smallest absolute Gasteiger partial charge is 0.0766 e. The zero-order chi connectivity index (χ0) is 12.7. The van der Waals surface area contributed by atoms with E-state index in [9.17, 15) is 0 Å². The van der Waals surface area contributed by atoms with Crippen molar-refractivity contribution in [3.8, 4) is 0 Å². The first-order chi connectivity index (χ1) is 8.20. The second-order valence-electron chi connectivity index (χ2n) is 4.03. The normalized spacial score (nSPS) is 11.1. The molecule has 0 saturated heterocycles. The van der Waals surface area contributed by atoms with Crippen LogP contribution in [0.1, 0.15) is 24.7 Å². The van der Waals surface area contributed by atoms with Gasteiger partial charge in [-0.3, -0.25) is 4.68 Å². The topological polar surface area (TPSA) is 39.1 Å². The molecule has 17 heavy (non-hydrogen) atoms. The van der Waals surface area contributed by atoms with E-state index in [0.717, 1.165) is 44.7 Å². The Morgan fingerprint density at radius 1 is 1.41 bits per heavy atom. The number of methoxy groups -OCH3 is 1. The number of aryl methyl sites for hydroxylation is 2. The summed E-state index contributed by atoms with van der Waals surface area (Å²) in [5.74, 6) is 0. The van der Waals surface area contributed by atoms with Crippen LogP contribution in [0.5, 0.6) is 0 Å². The first-order valence-corrected chi connectivity index (χ1v) is 6.89. The molecule has 1 heterocycles. The molecule has 0 fully saturated rings. The molecular formula is C12H22BrN3O. The van der Waals surface area contributed by atoms with E-state index in [-0.39, 0.29) is 0 Å². The van der Waals surface area contributed by atoms with E-state index in [1.807, 2.05) is 11.7 Å². The van der Waals surface area contributed by atoms with Crippen molar-refractivity contribution in [3.05, 3.63) is 15.9 Å². The first-order valence-electron chi connectivity index (χ1n) is 6.10. The molecule has 5 heteroatoms. The van der Waals surface area contributed by atoms with Crippen molar-refractivity contribution in [2.45, 2.75) is 26.2 Å². The van der Waals surface area contributed by atoms with Gasteiger partial charge in [-0.15, -0.1) is 0 Å². The van der Waals surface area contributed by atoms with Crippen LogP contribution in [0, 0.1) is 0 Å². The quantitative estimate of drug-likeness (QED) is 0.746. The lowest BCUT2D eigenvalue weighted by atomic mass is 10.2. The lowest BCUT2D eigenvalue weighted by molar-refractivity contribution is 0.199. The zero-order valence-corrected chi connectivity index (χ0v) is 12.5. The van der Waals surface area contributed by atoms with Crippen LogP contribution in [-0.4, -0.2) is 36.6 Å². The largest absolute Gasteiger partial charge is 0.383 e. The molecule has 1 aromatic heterocycles. The lowest BCUT2D eigenvalue weighted by Crippen LogP contribution is -2.20. The summed E-state index contributed by atoms with van der Waals surface area (Å²) in [6.07, 6.45) is 3.13. The number of aromatic nitrogens is 2. The van der Waals surface area contributed by atoms with Crippen molar-refractivity contribution in [2.24, 2.45) is 7.05 Å². The molecule has 0 atom stereocenters. The van der Waals surface area contributed by atoms with Gasteiger partial charge in [0.1, 0.15) is 0 Å². The number of rotatable bonds is 8. The Morgan fingerprint density at radius 2 is 2.18 bits per heavy atom. The molecule has 0 aliphatic heterocycles. The fourth-order valence-corrected chi connectivity index (χ4v) is 2.59. The van der Waals surface area contributed by atoms with E-state index < -0.39 is 0 Å². The predicted octanol–water partition coefficient (Wildman–Crippen LogP) is 1.91. The van der Waals surface area contributed by atoms with E-state index in [2.05, 4.69) is 33.3 Å². The average molecular weight is 304 g/mol. The minimum Gasteiger partial charge on any atom is -0.383 e.